The predicted octanol–water partition coefficient (Wildman–Crippen LogP) is -0.402. The maximum Gasteiger partial charge on any atom is 0.249 e. The Morgan fingerprint density at radius 3 is 3.00 bits per heavy atom. The van der Waals surface area contributed by atoms with E-state index in [2.05, 4.69) is 0 Å². The van der Waals surface area contributed by atoms with Gasteiger partial charge in [-0.3, -0.25) is 4.79 Å². The van der Waals surface area contributed by atoms with Crippen LogP contribution < -0.4 is 5.73 Å². The summed E-state index contributed by atoms with van der Waals surface area (Å²) in [4.78, 5) is 13.5. The fourth-order valence-corrected chi connectivity index (χ4v) is 1.50. The Hall–Kier alpha value is -0.650. The molecule has 0 bridgehead atoms. The van der Waals surface area contributed by atoms with Gasteiger partial charge in [-0.2, -0.15) is 0 Å². The van der Waals surface area contributed by atoms with E-state index in [9.17, 15) is 4.79 Å². The summed E-state index contributed by atoms with van der Waals surface area (Å²) >= 11 is 0. The Labute approximate surface area is 90.5 Å². The highest BCUT2D eigenvalue weighted by molar-refractivity contribution is 5.78. The van der Waals surface area contributed by atoms with Gasteiger partial charge in [0.2, 0.25) is 5.91 Å². The predicted molar refractivity (Wildman–Crippen MR) is 56.5 cm³/mol. The van der Waals surface area contributed by atoms with Crippen molar-refractivity contribution in [1.82, 2.24) is 4.90 Å². The van der Waals surface area contributed by atoms with Crippen molar-refractivity contribution < 1.29 is 14.3 Å². The number of rotatable bonds is 4. The highest BCUT2D eigenvalue weighted by Gasteiger charge is 2.26. The van der Waals surface area contributed by atoms with Gasteiger partial charge >= 0.3 is 0 Å². The molecule has 0 aromatic rings. The van der Waals surface area contributed by atoms with Crippen molar-refractivity contribution in [2.75, 3.05) is 32.9 Å². The molecule has 1 unspecified atom stereocenters. The number of nitrogens with two attached hydrogens (primary N) is 1. The molecule has 1 fully saturated rings. The average molecular weight is 216 g/mol. The fraction of sp³-hybridized carbons (Fsp3) is 0.900. The van der Waals surface area contributed by atoms with E-state index >= 15 is 0 Å². The fourth-order valence-electron chi connectivity index (χ4n) is 1.50. The third-order valence-corrected chi connectivity index (χ3v) is 2.36. The van der Waals surface area contributed by atoms with Gasteiger partial charge in [0.25, 0.3) is 0 Å². The van der Waals surface area contributed by atoms with Crippen molar-refractivity contribution in [3.05, 3.63) is 0 Å². The summed E-state index contributed by atoms with van der Waals surface area (Å²) in [6, 6.07) is 0.00186. The molecular formula is C10H20N2O3. The van der Waals surface area contributed by atoms with Gasteiger partial charge in [0, 0.05) is 13.1 Å². The smallest absolute Gasteiger partial charge is 0.249 e. The van der Waals surface area contributed by atoms with E-state index in [1.807, 2.05) is 13.8 Å². The Bertz CT molecular complexity index is 209. The van der Waals surface area contributed by atoms with Crippen LogP contribution in [-0.4, -0.2) is 55.9 Å². The molecule has 1 saturated heterocycles. The van der Waals surface area contributed by atoms with E-state index < -0.39 is 0 Å². The highest BCUT2D eigenvalue weighted by Crippen LogP contribution is 2.06. The number of morpholine rings is 1. The van der Waals surface area contributed by atoms with Crippen LogP contribution in [0.3, 0.4) is 0 Å². The van der Waals surface area contributed by atoms with Crippen LogP contribution in [0.25, 0.3) is 0 Å². The Balaban J connectivity index is 2.41. The molecule has 88 valence electrons. The van der Waals surface area contributed by atoms with Crippen LogP contribution in [0.15, 0.2) is 0 Å². The van der Waals surface area contributed by atoms with Crippen LogP contribution in [0, 0.1) is 0 Å². The first-order valence-electron chi connectivity index (χ1n) is 5.34. The van der Waals surface area contributed by atoms with Crippen molar-refractivity contribution in [1.29, 1.82) is 0 Å². The molecule has 0 aromatic carbocycles. The molecule has 1 aliphatic heterocycles. The van der Waals surface area contributed by atoms with Gasteiger partial charge in [0.05, 0.1) is 25.4 Å². The van der Waals surface area contributed by atoms with Crippen LogP contribution in [0.4, 0.5) is 0 Å². The Morgan fingerprint density at radius 1 is 1.67 bits per heavy atom. The van der Waals surface area contributed by atoms with Gasteiger partial charge < -0.3 is 20.1 Å². The minimum atomic E-state index is 0.00186. The molecule has 0 spiro atoms. The summed E-state index contributed by atoms with van der Waals surface area (Å²) in [5.74, 6) is 0.00227. The Morgan fingerprint density at radius 2 is 2.40 bits per heavy atom. The lowest BCUT2D eigenvalue weighted by Gasteiger charge is -2.34. The van der Waals surface area contributed by atoms with Crippen LogP contribution in [0.5, 0.6) is 0 Å². The number of hydrogen-bond donors (Lipinski definition) is 1. The summed E-state index contributed by atoms with van der Waals surface area (Å²) in [5, 5.41) is 0. The molecule has 1 atom stereocenters. The first-order valence-corrected chi connectivity index (χ1v) is 5.34. The van der Waals surface area contributed by atoms with E-state index in [4.69, 9.17) is 15.2 Å². The normalized spacial score (nSPS) is 22.1. The number of nitrogens with zero attached hydrogens (tertiary/aromatic N) is 1. The van der Waals surface area contributed by atoms with E-state index in [-0.39, 0.29) is 24.7 Å². The minimum absolute atomic E-state index is 0.00186. The minimum Gasteiger partial charge on any atom is -0.377 e. The maximum absolute atomic E-state index is 11.8. The van der Waals surface area contributed by atoms with Crippen molar-refractivity contribution in [2.45, 2.75) is 26.0 Å². The summed E-state index contributed by atoms with van der Waals surface area (Å²) < 4.78 is 10.5. The standard InChI is InChI=1S/C10H20N2O3/c1-8(2)15-7-10(13)12-3-4-14-6-9(12)5-11/h8-9H,3-7,11H2,1-2H3. The van der Waals surface area contributed by atoms with Gasteiger partial charge in [-0.1, -0.05) is 0 Å². The molecule has 1 aliphatic rings. The maximum atomic E-state index is 11.8. The molecule has 0 radical (unpaired) electrons. The monoisotopic (exact) mass is 216 g/mol. The Kier molecular flexibility index (Phi) is 5.01. The van der Waals surface area contributed by atoms with E-state index in [0.717, 1.165) is 0 Å². The first-order chi connectivity index (χ1) is 7.15. The zero-order valence-electron chi connectivity index (χ0n) is 9.44. The lowest BCUT2D eigenvalue weighted by molar-refractivity contribution is -0.145. The van der Waals surface area contributed by atoms with Gasteiger partial charge in [-0.25, -0.2) is 0 Å². The number of hydrogen-bond acceptors (Lipinski definition) is 4. The summed E-state index contributed by atoms with van der Waals surface area (Å²) in [7, 11) is 0. The second-order valence-electron chi connectivity index (χ2n) is 3.91. The van der Waals surface area contributed by atoms with E-state index in [1.54, 1.807) is 4.90 Å². The summed E-state index contributed by atoms with van der Waals surface area (Å²) in [5.41, 5.74) is 5.57. The number of amides is 1. The van der Waals surface area contributed by atoms with Crippen molar-refractivity contribution in [2.24, 2.45) is 5.73 Å². The van der Waals surface area contributed by atoms with Gasteiger partial charge in [-0.15, -0.1) is 0 Å². The van der Waals surface area contributed by atoms with Crippen LogP contribution in [0.1, 0.15) is 13.8 Å². The summed E-state index contributed by atoms with van der Waals surface area (Å²) in [6.45, 7) is 6.12. The molecule has 2 N–H and O–H groups in total. The summed E-state index contributed by atoms with van der Waals surface area (Å²) in [6.07, 6.45) is 0.0753. The lowest BCUT2D eigenvalue weighted by Crippen LogP contribution is -2.53. The third-order valence-electron chi connectivity index (χ3n) is 2.36. The zero-order chi connectivity index (χ0) is 11.3. The van der Waals surface area contributed by atoms with Crippen LogP contribution in [-0.2, 0) is 14.3 Å². The molecule has 5 heteroatoms. The van der Waals surface area contributed by atoms with Gasteiger partial charge in [0.15, 0.2) is 0 Å². The number of carbonyl (C=O) groups is 1. The molecule has 5 nitrogen and oxygen atoms in total. The SMILES string of the molecule is CC(C)OCC(=O)N1CCOCC1CN. The molecule has 0 aromatic heterocycles. The largest absolute Gasteiger partial charge is 0.377 e. The van der Waals surface area contributed by atoms with Crippen LogP contribution >= 0.6 is 0 Å². The zero-order valence-corrected chi connectivity index (χ0v) is 9.44. The van der Waals surface area contributed by atoms with Gasteiger partial charge in [-0.05, 0) is 13.8 Å². The van der Waals surface area contributed by atoms with Gasteiger partial charge in [0.1, 0.15) is 6.61 Å². The van der Waals surface area contributed by atoms with Crippen LogP contribution in [0.2, 0.25) is 0 Å². The third kappa shape index (κ3) is 3.77. The van der Waals surface area contributed by atoms with Crippen molar-refractivity contribution in [3.8, 4) is 0 Å². The molecular weight excluding hydrogens is 196 g/mol. The van der Waals surface area contributed by atoms with Crippen molar-refractivity contribution >= 4 is 5.91 Å². The average Bonchev–Trinajstić information content (AvgIpc) is 2.25. The molecule has 1 heterocycles. The molecule has 1 amide bonds. The van der Waals surface area contributed by atoms with E-state index in [1.165, 1.54) is 0 Å². The molecule has 0 aliphatic carbocycles. The number of ether oxygens (including phenoxy) is 2. The quantitative estimate of drug-likeness (QED) is 0.694. The lowest BCUT2D eigenvalue weighted by atomic mass is 10.2. The second-order valence-corrected chi connectivity index (χ2v) is 3.91. The molecule has 0 saturated carbocycles. The molecule has 1 rings (SSSR count). The second kappa shape index (κ2) is 6.05. The first kappa shape index (κ1) is 12.4. The van der Waals surface area contributed by atoms with Crippen molar-refractivity contribution in [3.63, 3.8) is 0 Å². The number of carbonyl (C=O) groups excluding carboxylic acids is 1. The van der Waals surface area contributed by atoms with E-state index in [0.29, 0.717) is 26.3 Å². The molecule has 15 heavy (non-hydrogen) atoms. The topological polar surface area (TPSA) is 64.8 Å². The highest BCUT2D eigenvalue weighted by atomic mass is 16.5.